The first-order valence-electron chi connectivity index (χ1n) is 12.9. The minimum Gasteiger partial charge on any atom is -0.497 e. The average Bonchev–Trinajstić information content (AvgIpc) is 3.65. The third-order valence-electron chi connectivity index (χ3n) is 7.07. The Morgan fingerprint density at radius 2 is 1.90 bits per heavy atom. The van der Waals surface area contributed by atoms with E-state index < -0.39 is 5.92 Å². The topological polar surface area (TPSA) is 120 Å². The van der Waals surface area contributed by atoms with Crippen LogP contribution >= 0.6 is 0 Å². The summed E-state index contributed by atoms with van der Waals surface area (Å²) in [6, 6.07) is 15.2. The number of aryl methyl sites for hydroxylation is 3. The highest BCUT2D eigenvalue weighted by atomic mass is 16.5. The first-order chi connectivity index (χ1) is 19.3. The number of hydrogen-bond donors (Lipinski definition) is 1. The second kappa shape index (κ2) is 9.92. The summed E-state index contributed by atoms with van der Waals surface area (Å²) in [6.07, 6.45) is 3.27. The van der Waals surface area contributed by atoms with Crippen molar-refractivity contribution >= 4 is 34.4 Å². The van der Waals surface area contributed by atoms with Crippen LogP contribution in [0.25, 0.3) is 22.5 Å². The van der Waals surface area contributed by atoms with Crippen LogP contribution in [0.1, 0.15) is 23.2 Å². The highest BCUT2D eigenvalue weighted by Gasteiger charge is 2.36. The summed E-state index contributed by atoms with van der Waals surface area (Å²) in [6.45, 7) is 6.19. The molecule has 11 heteroatoms. The zero-order valence-corrected chi connectivity index (χ0v) is 22.6. The molecular weight excluding hydrogens is 508 g/mol. The van der Waals surface area contributed by atoms with Crippen molar-refractivity contribution in [2.24, 2.45) is 5.92 Å². The minimum atomic E-state index is -0.528. The summed E-state index contributed by atoms with van der Waals surface area (Å²) >= 11 is 0. The summed E-state index contributed by atoms with van der Waals surface area (Å²) in [7, 11) is 1.58. The lowest BCUT2D eigenvalue weighted by Crippen LogP contribution is -2.28. The molecule has 202 valence electrons. The Labute approximate surface area is 230 Å². The van der Waals surface area contributed by atoms with E-state index in [9.17, 15) is 9.59 Å². The number of carbonyl (C=O) groups excluding carboxylic acids is 2. The van der Waals surface area contributed by atoms with E-state index in [1.54, 1.807) is 39.7 Å². The first-order valence-corrected chi connectivity index (χ1v) is 12.9. The van der Waals surface area contributed by atoms with Gasteiger partial charge in [0.05, 0.1) is 36.0 Å². The van der Waals surface area contributed by atoms with Crippen LogP contribution in [0, 0.1) is 26.7 Å². The Morgan fingerprint density at radius 1 is 1.05 bits per heavy atom. The third kappa shape index (κ3) is 4.45. The predicted octanol–water partition coefficient (Wildman–Crippen LogP) is 3.93. The lowest BCUT2D eigenvalue weighted by Gasteiger charge is -2.17. The molecule has 0 aliphatic carbocycles. The second-order valence-corrected chi connectivity index (χ2v) is 9.96. The van der Waals surface area contributed by atoms with E-state index in [0.717, 1.165) is 16.8 Å². The molecule has 1 N–H and O–H groups in total. The van der Waals surface area contributed by atoms with Crippen LogP contribution in [0.15, 0.2) is 61.1 Å². The number of ether oxygens (including phenoxy) is 1. The van der Waals surface area contributed by atoms with Crippen LogP contribution in [-0.2, 0) is 9.59 Å². The van der Waals surface area contributed by atoms with Crippen LogP contribution in [0.4, 0.5) is 11.5 Å². The number of nitrogens with one attached hydrogen (secondary N) is 1. The molecule has 0 saturated carbocycles. The predicted molar refractivity (Wildman–Crippen MR) is 150 cm³/mol. The van der Waals surface area contributed by atoms with Crippen LogP contribution in [-0.4, -0.2) is 55.0 Å². The number of amides is 2. The zero-order chi connectivity index (χ0) is 28.0. The van der Waals surface area contributed by atoms with Crippen molar-refractivity contribution in [3.05, 3.63) is 77.9 Å². The molecule has 2 amide bonds. The molecule has 1 saturated heterocycles. The number of anilines is 2. The molecule has 4 heterocycles. The summed E-state index contributed by atoms with van der Waals surface area (Å²) in [5.41, 5.74) is 5.17. The van der Waals surface area contributed by atoms with Crippen LogP contribution in [0.5, 0.6) is 5.75 Å². The van der Waals surface area contributed by atoms with Gasteiger partial charge in [-0.05, 0) is 44.5 Å². The van der Waals surface area contributed by atoms with Gasteiger partial charge < -0.3 is 15.0 Å². The maximum Gasteiger partial charge on any atom is 0.230 e. The van der Waals surface area contributed by atoms with Crippen LogP contribution in [0.2, 0.25) is 0 Å². The number of nitrogens with zero attached hydrogens (tertiary/aromatic N) is 7. The Bertz CT molecular complexity index is 1770. The first kappa shape index (κ1) is 25.2. The SMILES string of the molecule is COc1cccc(N2CC(C(=O)Nc3cc(C)nn3-c3ncnc4c3cnn4-c3ccc(C)cc3C)CC2=O)c1. The van der Waals surface area contributed by atoms with E-state index in [1.807, 2.05) is 51.1 Å². The van der Waals surface area contributed by atoms with Crippen molar-refractivity contribution in [3.63, 3.8) is 0 Å². The Balaban J connectivity index is 1.29. The van der Waals surface area contributed by atoms with Gasteiger partial charge in [-0.3, -0.25) is 9.59 Å². The molecule has 1 aliphatic heterocycles. The molecular formula is C29H28N8O3. The van der Waals surface area contributed by atoms with Crippen LogP contribution in [0.3, 0.4) is 0 Å². The summed E-state index contributed by atoms with van der Waals surface area (Å²) in [5, 5.41) is 12.9. The molecule has 11 nitrogen and oxygen atoms in total. The molecule has 1 fully saturated rings. The van der Waals surface area contributed by atoms with E-state index >= 15 is 0 Å². The molecule has 0 radical (unpaired) electrons. The quantitative estimate of drug-likeness (QED) is 0.349. The number of benzene rings is 2. The van der Waals surface area contributed by atoms with Gasteiger partial charge in [0.25, 0.3) is 0 Å². The van der Waals surface area contributed by atoms with Gasteiger partial charge in [-0.15, -0.1) is 0 Å². The van der Waals surface area contributed by atoms with E-state index in [2.05, 4.69) is 31.5 Å². The van der Waals surface area contributed by atoms with Crippen molar-refractivity contribution in [2.75, 3.05) is 23.9 Å². The molecule has 1 unspecified atom stereocenters. The van der Waals surface area contributed by atoms with Gasteiger partial charge >= 0.3 is 0 Å². The molecule has 3 aromatic heterocycles. The zero-order valence-electron chi connectivity index (χ0n) is 22.6. The van der Waals surface area contributed by atoms with Gasteiger partial charge in [0.2, 0.25) is 11.8 Å². The smallest absolute Gasteiger partial charge is 0.230 e. The number of fused-ring (bicyclic) bond motifs is 1. The number of hydrogen-bond acceptors (Lipinski definition) is 7. The van der Waals surface area contributed by atoms with E-state index in [0.29, 0.717) is 39.8 Å². The lowest BCUT2D eigenvalue weighted by molar-refractivity contribution is -0.122. The molecule has 1 atom stereocenters. The highest BCUT2D eigenvalue weighted by molar-refractivity contribution is 6.03. The highest BCUT2D eigenvalue weighted by Crippen LogP contribution is 2.30. The lowest BCUT2D eigenvalue weighted by atomic mass is 10.1. The standard InChI is InChI=1S/C29H28N8O3/c1-17-8-9-24(18(2)10-17)36-27-23(14-32-36)28(31-16-30-27)37-25(11-19(3)34-37)33-29(39)20-12-26(38)35(15-20)21-6-5-7-22(13-21)40-4/h5-11,13-14,16,20H,12,15H2,1-4H3,(H,33,39). The molecule has 5 aromatic rings. The minimum absolute atomic E-state index is 0.108. The summed E-state index contributed by atoms with van der Waals surface area (Å²) in [5.74, 6) is 0.680. The monoisotopic (exact) mass is 536 g/mol. The normalized spacial score (nSPS) is 15.2. The van der Waals surface area contributed by atoms with Crippen molar-refractivity contribution < 1.29 is 14.3 Å². The Morgan fingerprint density at radius 3 is 2.70 bits per heavy atom. The van der Waals surface area contributed by atoms with Gasteiger partial charge in [-0.1, -0.05) is 23.8 Å². The van der Waals surface area contributed by atoms with E-state index in [1.165, 1.54) is 6.33 Å². The summed E-state index contributed by atoms with van der Waals surface area (Å²) < 4.78 is 8.65. The van der Waals surface area contributed by atoms with Gasteiger partial charge in [-0.2, -0.15) is 14.9 Å². The molecule has 6 rings (SSSR count). The van der Waals surface area contributed by atoms with Crippen molar-refractivity contribution in [2.45, 2.75) is 27.2 Å². The van der Waals surface area contributed by atoms with Gasteiger partial charge in [0, 0.05) is 30.8 Å². The number of carbonyl (C=O) groups is 2. The molecule has 1 aliphatic rings. The van der Waals surface area contributed by atoms with Crippen molar-refractivity contribution in [3.8, 4) is 17.3 Å². The second-order valence-electron chi connectivity index (χ2n) is 9.96. The van der Waals surface area contributed by atoms with Gasteiger partial charge in [-0.25, -0.2) is 14.6 Å². The Hall–Kier alpha value is -5.06. The summed E-state index contributed by atoms with van der Waals surface area (Å²) in [4.78, 5) is 36.8. The molecule has 40 heavy (non-hydrogen) atoms. The fraction of sp³-hybridized carbons (Fsp3) is 0.241. The molecule has 0 bridgehead atoms. The number of aromatic nitrogens is 6. The fourth-order valence-corrected chi connectivity index (χ4v) is 5.11. The maximum atomic E-state index is 13.4. The fourth-order valence-electron chi connectivity index (χ4n) is 5.11. The third-order valence-corrected chi connectivity index (χ3v) is 7.07. The van der Waals surface area contributed by atoms with E-state index in [-0.39, 0.29) is 24.8 Å². The maximum absolute atomic E-state index is 13.4. The average molecular weight is 537 g/mol. The Kier molecular flexibility index (Phi) is 6.25. The number of methoxy groups -OCH3 is 1. The van der Waals surface area contributed by atoms with E-state index in [4.69, 9.17) is 4.74 Å². The van der Waals surface area contributed by atoms with Crippen molar-refractivity contribution in [1.82, 2.24) is 29.5 Å². The van der Waals surface area contributed by atoms with Crippen molar-refractivity contribution in [1.29, 1.82) is 0 Å². The van der Waals surface area contributed by atoms with Crippen LogP contribution < -0.4 is 15.0 Å². The molecule has 0 spiro atoms. The largest absolute Gasteiger partial charge is 0.497 e. The molecule has 2 aromatic carbocycles. The van der Waals surface area contributed by atoms with Gasteiger partial charge in [0.15, 0.2) is 11.5 Å². The number of rotatable bonds is 6. The van der Waals surface area contributed by atoms with Gasteiger partial charge in [0.1, 0.15) is 17.9 Å².